The molecule has 1 saturated carbocycles. The minimum Gasteiger partial charge on any atom is -0.274 e. The zero-order valence-corrected chi connectivity index (χ0v) is 11.7. The maximum absolute atomic E-state index is 12.7. The summed E-state index contributed by atoms with van der Waals surface area (Å²) in [5.41, 5.74) is 2.83. The third-order valence-electron chi connectivity index (χ3n) is 5.08. The molecule has 2 aliphatic carbocycles. The van der Waals surface area contributed by atoms with Crippen molar-refractivity contribution in [3.05, 3.63) is 41.5 Å². The van der Waals surface area contributed by atoms with Crippen molar-refractivity contribution in [3.8, 4) is 0 Å². The Morgan fingerprint density at radius 1 is 1.00 bits per heavy atom. The van der Waals surface area contributed by atoms with Gasteiger partial charge in [0.25, 0.3) is 0 Å². The normalized spacial score (nSPS) is 34.2. The van der Waals surface area contributed by atoms with E-state index in [1.807, 2.05) is 32.0 Å². The second-order valence-corrected chi connectivity index (χ2v) is 6.30. The number of allylic oxidation sites excluding steroid dienone is 2. The second-order valence-electron chi connectivity index (χ2n) is 6.30. The molecule has 2 amide bonds. The highest BCUT2D eigenvalue weighted by Crippen LogP contribution is 2.53. The van der Waals surface area contributed by atoms with Crippen molar-refractivity contribution in [1.29, 1.82) is 0 Å². The summed E-state index contributed by atoms with van der Waals surface area (Å²) < 4.78 is 0. The van der Waals surface area contributed by atoms with Crippen molar-refractivity contribution in [2.75, 3.05) is 4.90 Å². The van der Waals surface area contributed by atoms with Gasteiger partial charge in [0.05, 0.1) is 17.5 Å². The first-order chi connectivity index (χ1) is 9.58. The quantitative estimate of drug-likeness (QED) is 0.579. The minimum absolute atomic E-state index is 0.00514. The van der Waals surface area contributed by atoms with Crippen LogP contribution in [0, 0.1) is 37.5 Å². The van der Waals surface area contributed by atoms with E-state index >= 15 is 0 Å². The molecular formula is C17H17NO2. The summed E-state index contributed by atoms with van der Waals surface area (Å²) in [5, 5.41) is 0. The highest BCUT2D eigenvalue weighted by atomic mass is 16.2. The maximum Gasteiger partial charge on any atom is 0.238 e. The van der Waals surface area contributed by atoms with E-state index in [0.29, 0.717) is 0 Å². The molecule has 0 radical (unpaired) electrons. The number of carbonyl (C=O) groups is 2. The lowest BCUT2D eigenvalue weighted by atomic mass is 9.85. The lowest BCUT2D eigenvalue weighted by molar-refractivity contribution is -0.123. The van der Waals surface area contributed by atoms with Gasteiger partial charge in [-0.3, -0.25) is 9.59 Å². The molecule has 1 saturated heterocycles. The van der Waals surface area contributed by atoms with Crippen LogP contribution >= 0.6 is 0 Å². The van der Waals surface area contributed by atoms with Crippen LogP contribution in [0.15, 0.2) is 30.4 Å². The topological polar surface area (TPSA) is 37.4 Å². The smallest absolute Gasteiger partial charge is 0.238 e. The number of rotatable bonds is 1. The Bertz CT molecular complexity index is 631. The summed E-state index contributed by atoms with van der Waals surface area (Å²) in [6, 6.07) is 5.93. The molecule has 3 nitrogen and oxygen atoms in total. The van der Waals surface area contributed by atoms with Gasteiger partial charge in [-0.15, -0.1) is 0 Å². The van der Waals surface area contributed by atoms with Crippen molar-refractivity contribution >= 4 is 17.5 Å². The molecule has 1 aromatic rings. The number of anilines is 1. The van der Waals surface area contributed by atoms with Crippen LogP contribution in [0.1, 0.15) is 17.5 Å². The lowest BCUT2D eigenvalue weighted by Crippen LogP contribution is -2.33. The summed E-state index contributed by atoms with van der Waals surface area (Å²) in [7, 11) is 0. The van der Waals surface area contributed by atoms with Crippen LogP contribution in [0.3, 0.4) is 0 Å². The largest absolute Gasteiger partial charge is 0.274 e. The summed E-state index contributed by atoms with van der Waals surface area (Å²) in [5.74, 6) is 0.332. The van der Waals surface area contributed by atoms with Crippen LogP contribution in [-0.2, 0) is 9.59 Å². The van der Waals surface area contributed by atoms with Crippen LogP contribution in [-0.4, -0.2) is 11.8 Å². The lowest BCUT2D eigenvalue weighted by Gasteiger charge is -2.19. The van der Waals surface area contributed by atoms with Gasteiger partial charge in [0.2, 0.25) is 11.8 Å². The number of nitrogens with zero attached hydrogens (tertiary/aromatic N) is 1. The van der Waals surface area contributed by atoms with Crippen LogP contribution < -0.4 is 4.90 Å². The number of carbonyl (C=O) groups excluding carboxylic acids is 2. The van der Waals surface area contributed by atoms with Crippen molar-refractivity contribution in [2.24, 2.45) is 23.7 Å². The van der Waals surface area contributed by atoms with Gasteiger partial charge >= 0.3 is 0 Å². The Morgan fingerprint density at radius 3 is 2.20 bits per heavy atom. The van der Waals surface area contributed by atoms with E-state index in [4.69, 9.17) is 0 Å². The van der Waals surface area contributed by atoms with Gasteiger partial charge in [-0.05, 0) is 49.3 Å². The standard InChI is InChI=1S/C17H17NO2/c1-9-3-4-10(2)13(7-9)18-16(19)14-11-5-6-12(8-11)15(14)17(18)20/h3-7,11-12,14-15H,8H2,1-2H3/t11-,12+,14-,15+. The molecule has 3 aliphatic rings. The Labute approximate surface area is 118 Å². The third kappa shape index (κ3) is 1.35. The van der Waals surface area contributed by atoms with E-state index in [-0.39, 0.29) is 35.5 Å². The number of hydrogen-bond donors (Lipinski definition) is 0. The van der Waals surface area contributed by atoms with Gasteiger partial charge in [0.15, 0.2) is 0 Å². The molecule has 2 fully saturated rings. The van der Waals surface area contributed by atoms with Crippen LogP contribution in [0.25, 0.3) is 0 Å². The molecule has 2 bridgehead atoms. The van der Waals surface area contributed by atoms with E-state index < -0.39 is 0 Å². The van der Waals surface area contributed by atoms with Crippen LogP contribution in [0.2, 0.25) is 0 Å². The fourth-order valence-corrected chi connectivity index (χ4v) is 4.10. The summed E-state index contributed by atoms with van der Waals surface area (Å²) in [6.45, 7) is 3.94. The number of aryl methyl sites for hydroxylation is 2. The molecule has 4 atom stereocenters. The molecule has 3 heteroatoms. The van der Waals surface area contributed by atoms with Crippen molar-refractivity contribution in [1.82, 2.24) is 0 Å². The SMILES string of the molecule is Cc1ccc(C)c(N2C(=O)[C@@H]3[C@H](C2=O)[C@@H]2C=C[C@H]3C2)c1. The van der Waals surface area contributed by atoms with Crippen LogP contribution in [0.5, 0.6) is 0 Å². The van der Waals surface area contributed by atoms with Gasteiger partial charge in [0, 0.05) is 0 Å². The van der Waals surface area contributed by atoms with E-state index in [2.05, 4.69) is 12.2 Å². The Kier molecular flexibility index (Phi) is 2.27. The van der Waals surface area contributed by atoms with Crippen molar-refractivity contribution in [2.45, 2.75) is 20.3 Å². The first-order valence-electron chi connectivity index (χ1n) is 7.21. The average Bonchev–Trinajstić information content (AvgIpc) is 3.08. The molecule has 1 aromatic carbocycles. The number of imide groups is 1. The molecule has 1 heterocycles. The third-order valence-corrected chi connectivity index (χ3v) is 5.08. The number of amides is 2. The van der Waals surface area contributed by atoms with E-state index in [1.165, 1.54) is 4.90 Å². The molecule has 0 spiro atoms. The minimum atomic E-state index is -0.114. The second kappa shape index (κ2) is 3.81. The first-order valence-corrected chi connectivity index (χ1v) is 7.21. The van der Waals surface area contributed by atoms with Crippen molar-refractivity contribution < 1.29 is 9.59 Å². The highest BCUT2D eigenvalue weighted by Gasteiger charge is 2.59. The Morgan fingerprint density at radius 2 is 1.60 bits per heavy atom. The average molecular weight is 267 g/mol. The monoisotopic (exact) mass is 267 g/mol. The summed E-state index contributed by atoms with van der Waals surface area (Å²) in [4.78, 5) is 26.9. The molecular weight excluding hydrogens is 250 g/mol. The van der Waals surface area contributed by atoms with Crippen LogP contribution in [0.4, 0.5) is 5.69 Å². The van der Waals surface area contributed by atoms with Crippen molar-refractivity contribution in [3.63, 3.8) is 0 Å². The zero-order valence-electron chi connectivity index (χ0n) is 11.7. The van der Waals surface area contributed by atoms with Gasteiger partial charge in [-0.2, -0.15) is 0 Å². The zero-order chi connectivity index (χ0) is 14.0. The molecule has 102 valence electrons. The highest BCUT2D eigenvalue weighted by molar-refractivity contribution is 6.23. The molecule has 4 rings (SSSR count). The number of fused-ring (bicyclic) bond motifs is 5. The fourth-order valence-electron chi connectivity index (χ4n) is 4.10. The number of hydrogen-bond acceptors (Lipinski definition) is 2. The molecule has 20 heavy (non-hydrogen) atoms. The predicted molar refractivity (Wildman–Crippen MR) is 76.1 cm³/mol. The Hall–Kier alpha value is -1.90. The van der Waals surface area contributed by atoms with E-state index in [1.54, 1.807) is 0 Å². The van der Waals surface area contributed by atoms with Gasteiger partial charge < -0.3 is 0 Å². The number of benzene rings is 1. The molecule has 0 unspecified atom stereocenters. The molecule has 0 aromatic heterocycles. The van der Waals surface area contributed by atoms with Gasteiger partial charge in [-0.1, -0.05) is 24.3 Å². The van der Waals surface area contributed by atoms with E-state index in [0.717, 1.165) is 23.2 Å². The molecule has 0 N–H and O–H groups in total. The first kappa shape index (κ1) is 11.9. The predicted octanol–water partition coefficient (Wildman–Crippen LogP) is 2.61. The van der Waals surface area contributed by atoms with E-state index in [9.17, 15) is 9.59 Å². The fraction of sp³-hybridized carbons (Fsp3) is 0.412. The molecule has 1 aliphatic heterocycles. The van der Waals surface area contributed by atoms with Gasteiger partial charge in [-0.25, -0.2) is 4.90 Å². The van der Waals surface area contributed by atoms with Gasteiger partial charge in [0.1, 0.15) is 0 Å². The Balaban J connectivity index is 1.80. The summed E-state index contributed by atoms with van der Waals surface area (Å²) in [6.07, 6.45) is 5.24. The summed E-state index contributed by atoms with van der Waals surface area (Å²) >= 11 is 0. The maximum atomic E-state index is 12.7.